The summed E-state index contributed by atoms with van der Waals surface area (Å²) in [7, 11) is 0. The van der Waals surface area contributed by atoms with Crippen LogP contribution in [0.4, 0.5) is 0 Å². The van der Waals surface area contributed by atoms with Gasteiger partial charge in [0.25, 0.3) is 0 Å². The number of aromatic nitrogens is 3. The van der Waals surface area contributed by atoms with Gasteiger partial charge in [0.2, 0.25) is 17.7 Å². The maximum absolute atomic E-state index is 12.7. The molecule has 0 spiro atoms. The van der Waals surface area contributed by atoms with Crippen molar-refractivity contribution in [2.75, 3.05) is 19.8 Å². The van der Waals surface area contributed by atoms with Gasteiger partial charge in [0.1, 0.15) is 6.04 Å². The molecule has 1 atom stereocenters. The van der Waals surface area contributed by atoms with E-state index in [-0.39, 0.29) is 24.3 Å². The van der Waals surface area contributed by atoms with Crippen LogP contribution in [-0.2, 0) is 22.4 Å². The van der Waals surface area contributed by atoms with Gasteiger partial charge in [-0.25, -0.2) is 4.98 Å². The Bertz CT molecular complexity index is 697. The lowest BCUT2D eigenvalue weighted by atomic mass is 10.2. The molecule has 0 N–H and O–H groups in total. The minimum atomic E-state index is -0.324. The van der Waals surface area contributed by atoms with Crippen molar-refractivity contribution in [1.29, 1.82) is 0 Å². The van der Waals surface area contributed by atoms with E-state index >= 15 is 0 Å². The molecule has 3 heterocycles. The number of amides is 1. The minimum Gasteiger partial charge on any atom is -0.423 e. The third-order valence-electron chi connectivity index (χ3n) is 3.92. The molecule has 1 aliphatic heterocycles. The highest BCUT2D eigenvalue weighted by Crippen LogP contribution is 2.26. The standard InChI is InChI=1S/C16H22N4O3S/c1-4-13-17-11(9-24-13)7-14(21)20-5-6-22-8-12(20)16-19-18-15(23-16)10(2)3/h9-10,12H,4-8H2,1-3H3/t12-/m0/s1. The van der Waals surface area contributed by atoms with E-state index in [0.717, 1.165) is 17.1 Å². The Labute approximate surface area is 145 Å². The predicted octanol–water partition coefficient (Wildman–Crippen LogP) is 2.35. The van der Waals surface area contributed by atoms with Crippen molar-refractivity contribution in [3.8, 4) is 0 Å². The van der Waals surface area contributed by atoms with Crippen LogP contribution in [0.3, 0.4) is 0 Å². The maximum Gasteiger partial charge on any atom is 0.241 e. The molecule has 1 fully saturated rings. The van der Waals surface area contributed by atoms with Crippen LogP contribution in [0.2, 0.25) is 0 Å². The van der Waals surface area contributed by atoms with Gasteiger partial charge >= 0.3 is 0 Å². The first-order valence-electron chi connectivity index (χ1n) is 8.22. The summed E-state index contributed by atoms with van der Waals surface area (Å²) in [6.45, 7) is 7.46. The largest absolute Gasteiger partial charge is 0.423 e. The molecule has 24 heavy (non-hydrogen) atoms. The summed E-state index contributed by atoms with van der Waals surface area (Å²) in [5.74, 6) is 1.19. The number of carbonyl (C=O) groups is 1. The minimum absolute atomic E-state index is 0.0144. The number of carbonyl (C=O) groups excluding carboxylic acids is 1. The number of thiazole rings is 1. The maximum atomic E-state index is 12.7. The zero-order valence-electron chi connectivity index (χ0n) is 14.2. The highest BCUT2D eigenvalue weighted by Gasteiger charge is 2.33. The van der Waals surface area contributed by atoms with Gasteiger partial charge in [-0.1, -0.05) is 20.8 Å². The molecular weight excluding hydrogens is 328 g/mol. The van der Waals surface area contributed by atoms with E-state index in [1.165, 1.54) is 0 Å². The number of morpholine rings is 1. The molecule has 0 saturated carbocycles. The van der Waals surface area contributed by atoms with Crippen LogP contribution in [0.1, 0.15) is 55.2 Å². The van der Waals surface area contributed by atoms with Crippen molar-refractivity contribution in [3.05, 3.63) is 27.9 Å². The van der Waals surface area contributed by atoms with Crippen molar-refractivity contribution in [2.45, 2.75) is 45.6 Å². The number of aryl methyl sites for hydroxylation is 1. The van der Waals surface area contributed by atoms with Crippen LogP contribution < -0.4 is 0 Å². The molecule has 130 valence electrons. The van der Waals surface area contributed by atoms with Gasteiger partial charge in [-0.15, -0.1) is 21.5 Å². The third-order valence-corrected chi connectivity index (χ3v) is 4.96. The van der Waals surface area contributed by atoms with Crippen LogP contribution in [0.15, 0.2) is 9.80 Å². The van der Waals surface area contributed by atoms with Crippen molar-refractivity contribution in [3.63, 3.8) is 0 Å². The van der Waals surface area contributed by atoms with Crippen LogP contribution in [-0.4, -0.2) is 45.7 Å². The molecule has 1 aliphatic rings. The molecule has 3 rings (SSSR count). The molecule has 1 saturated heterocycles. The molecule has 8 heteroatoms. The molecule has 2 aromatic heterocycles. The Hall–Kier alpha value is -1.80. The van der Waals surface area contributed by atoms with Gasteiger partial charge in [-0.05, 0) is 6.42 Å². The molecular formula is C16H22N4O3S. The molecule has 1 amide bonds. The molecule has 2 aromatic rings. The average molecular weight is 350 g/mol. The van der Waals surface area contributed by atoms with E-state index in [0.29, 0.717) is 31.5 Å². The Morgan fingerprint density at radius 3 is 2.96 bits per heavy atom. The van der Waals surface area contributed by atoms with Crippen LogP contribution in [0.5, 0.6) is 0 Å². The predicted molar refractivity (Wildman–Crippen MR) is 88.9 cm³/mol. The number of rotatable bonds is 5. The molecule has 0 unspecified atom stereocenters. The first-order chi connectivity index (χ1) is 11.6. The van der Waals surface area contributed by atoms with E-state index < -0.39 is 0 Å². The van der Waals surface area contributed by atoms with Gasteiger partial charge in [0, 0.05) is 17.8 Å². The van der Waals surface area contributed by atoms with Crippen molar-refractivity contribution in [1.82, 2.24) is 20.1 Å². The molecule has 0 radical (unpaired) electrons. The number of hydrogen-bond donors (Lipinski definition) is 0. The van der Waals surface area contributed by atoms with Gasteiger partial charge in [-0.3, -0.25) is 4.79 Å². The summed E-state index contributed by atoms with van der Waals surface area (Å²) >= 11 is 1.59. The van der Waals surface area contributed by atoms with Crippen LogP contribution in [0.25, 0.3) is 0 Å². The smallest absolute Gasteiger partial charge is 0.241 e. The topological polar surface area (TPSA) is 81.4 Å². The lowest BCUT2D eigenvalue weighted by molar-refractivity contribution is -0.140. The fourth-order valence-corrected chi connectivity index (χ4v) is 3.32. The zero-order chi connectivity index (χ0) is 17.1. The fraction of sp³-hybridized carbons (Fsp3) is 0.625. The summed E-state index contributed by atoms with van der Waals surface area (Å²) in [5.41, 5.74) is 0.820. The van der Waals surface area contributed by atoms with Crippen molar-refractivity contribution in [2.24, 2.45) is 0 Å². The average Bonchev–Trinajstić information content (AvgIpc) is 3.24. The summed E-state index contributed by atoms with van der Waals surface area (Å²) in [5, 5.41) is 11.2. The first-order valence-corrected chi connectivity index (χ1v) is 9.10. The molecule has 0 aromatic carbocycles. The highest BCUT2D eigenvalue weighted by molar-refractivity contribution is 7.09. The SMILES string of the molecule is CCc1nc(CC(=O)N2CCOC[C@H]2c2nnc(C(C)C)o2)cs1. The number of nitrogens with zero attached hydrogens (tertiary/aromatic N) is 4. The summed E-state index contributed by atoms with van der Waals surface area (Å²) in [6, 6.07) is -0.324. The number of ether oxygens (including phenoxy) is 1. The van der Waals surface area contributed by atoms with E-state index in [2.05, 4.69) is 22.1 Å². The lowest BCUT2D eigenvalue weighted by Crippen LogP contribution is -2.44. The quantitative estimate of drug-likeness (QED) is 0.823. The van der Waals surface area contributed by atoms with Crippen LogP contribution >= 0.6 is 11.3 Å². The Kier molecular flexibility index (Phi) is 5.25. The second-order valence-electron chi connectivity index (χ2n) is 6.07. The summed E-state index contributed by atoms with van der Waals surface area (Å²) in [4.78, 5) is 19.0. The van der Waals surface area contributed by atoms with E-state index in [1.807, 2.05) is 19.2 Å². The zero-order valence-corrected chi connectivity index (χ0v) is 15.0. The Balaban J connectivity index is 1.74. The van der Waals surface area contributed by atoms with Crippen molar-refractivity contribution >= 4 is 17.2 Å². The highest BCUT2D eigenvalue weighted by atomic mass is 32.1. The van der Waals surface area contributed by atoms with Gasteiger partial charge in [0.05, 0.1) is 30.3 Å². The first kappa shape index (κ1) is 17.0. The van der Waals surface area contributed by atoms with E-state index in [1.54, 1.807) is 16.2 Å². The second-order valence-corrected chi connectivity index (χ2v) is 7.02. The van der Waals surface area contributed by atoms with E-state index in [9.17, 15) is 4.79 Å². The van der Waals surface area contributed by atoms with Gasteiger partial charge in [-0.2, -0.15) is 0 Å². The second kappa shape index (κ2) is 7.40. The lowest BCUT2D eigenvalue weighted by Gasteiger charge is -2.33. The van der Waals surface area contributed by atoms with Crippen LogP contribution in [0, 0.1) is 0 Å². The van der Waals surface area contributed by atoms with Gasteiger partial charge < -0.3 is 14.1 Å². The third kappa shape index (κ3) is 3.64. The summed E-state index contributed by atoms with van der Waals surface area (Å²) in [6.07, 6.45) is 1.18. The molecule has 0 aliphatic carbocycles. The normalized spacial score (nSPS) is 18.3. The fourth-order valence-electron chi connectivity index (χ4n) is 2.57. The summed E-state index contributed by atoms with van der Waals surface area (Å²) < 4.78 is 11.3. The Morgan fingerprint density at radius 2 is 2.29 bits per heavy atom. The van der Waals surface area contributed by atoms with Gasteiger partial charge in [0.15, 0.2) is 0 Å². The van der Waals surface area contributed by atoms with Crippen molar-refractivity contribution < 1.29 is 13.9 Å². The molecule has 7 nitrogen and oxygen atoms in total. The molecule has 0 bridgehead atoms. The van der Waals surface area contributed by atoms with E-state index in [4.69, 9.17) is 9.15 Å². The monoisotopic (exact) mass is 350 g/mol. The Morgan fingerprint density at radius 1 is 1.46 bits per heavy atom. The number of hydrogen-bond acceptors (Lipinski definition) is 7.